The van der Waals surface area contributed by atoms with Gasteiger partial charge in [-0.3, -0.25) is 0 Å². The van der Waals surface area contributed by atoms with Gasteiger partial charge in [0.05, 0.1) is 11.4 Å². The fourth-order valence-corrected chi connectivity index (χ4v) is 6.45. The van der Waals surface area contributed by atoms with Gasteiger partial charge in [0.25, 0.3) is 0 Å². The minimum Gasteiger partial charge on any atom is -0.380 e. The third-order valence-corrected chi connectivity index (χ3v) is 7.89. The van der Waals surface area contributed by atoms with Crippen molar-refractivity contribution in [3.8, 4) is 0 Å². The van der Waals surface area contributed by atoms with Crippen LogP contribution in [0.3, 0.4) is 0 Å². The van der Waals surface area contributed by atoms with Gasteiger partial charge in [-0.1, -0.05) is 57.2 Å². The summed E-state index contributed by atoms with van der Waals surface area (Å²) in [5.74, 6) is 0.406. The van der Waals surface area contributed by atoms with E-state index in [0.29, 0.717) is 5.92 Å². The van der Waals surface area contributed by atoms with E-state index >= 15 is 0 Å². The second kappa shape index (κ2) is 6.57. The summed E-state index contributed by atoms with van der Waals surface area (Å²) in [7, 11) is 0.484. The van der Waals surface area contributed by atoms with E-state index in [9.17, 15) is 4.21 Å². The summed E-state index contributed by atoms with van der Waals surface area (Å²) in [6.45, 7) is 6.89. The molecule has 0 saturated heterocycles. The van der Waals surface area contributed by atoms with E-state index < -0.39 is 11.0 Å². The van der Waals surface area contributed by atoms with Crippen molar-refractivity contribution in [2.75, 3.05) is 7.11 Å². The highest BCUT2D eigenvalue weighted by molar-refractivity contribution is 7.84. The van der Waals surface area contributed by atoms with Crippen molar-refractivity contribution in [1.29, 1.82) is 0 Å². The van der Waals surface area contributed by atoms with Gasteiger partial charge in [0, 0.05) is 18.7 Å². The summed E-state index contributed by atoms with van der Waals surface area (Å²) in [6, 6.07) is 10.0. The van der Waals surface area contributed by atoms with Gasteiger partial charge >= 0.3 is 0 Å². The van der Waals surface area contributed by atoms with E-state index in [4.69, 9.17) is 4.74 Å². The van der Waals surface area contributed by atoms with Crippen LogP contribution >= 0.6 is 0 Å². The Kier molecular flexibility index (Phi) is 4.80. The number of benzene rings is 1. The highest BCUT2D eigenvalue weighted by Gasteiger charge is 2.68. The van der Waals surface area contributed by atoms with Crippen molar-refractivity contribution < 1.29 is 8.95 Å². The van der Waals surface area contributed by atoms with Gasteiger partial charge in [-0.15, -0.1) is 0 Å². The summed E-state index contributed by atoms with van der Waals surface area (Å²) in [4.78, 5) is 0. The minimum absolute atomic E-state index is 0.00914. The molecular weight excluding hydrogens is 318 g/mol. The number of ether oxygens (including phenoxy) is 1. The molecule has 5 atom stereocenters. The zero-order valence-electron chi connectivity index (χ0n) is 14.9. The monoisotopic (exact) mass is 345 g/mol. The molecule has 0 heterocycles. The highest BCUT2D eigenvalue weighted by atomic mass is 32.2. The van der Waals surface area contributed by atoms with Crippen LogP contribution in [0.15, 0.2) is 40.8 Å². The third-order valence-electron chi connectivity index (χ3n) is 6.52. The van der Waals surface area contributed by atoms with Gasteiger partial charge < -0.3 is 4.74 Å². The summed E-state index contributed by atoms with van der Waals surface area (Å²) in [5, 5.41) is -0.00914. The molecule has 0 aromatic heterocycles. The first-order chi connectivity index (χ1) is 11.4. The molecule has 0 N–H and O–H groups in total. The van der Waals surface area contributed by atoms with Crippen LogP contribution in [-0.2, 0) is 15.7 Å². The van der Waals surface area contributed by atoms with Crippen LogP contribution < -0.4 is 0 Å². The molecule has 1 aromatic carbocycles. The quantitative estimate of drug-likeness (QED) is 0.747. The van der Waals surface area contributed by atoms with Crippen molar-refractivity contribution in [3.63, 3.8) is 0 Å². The fraction of sp³-hybridized carbons (Fsp3) is 0.550. The van der Waals surface area contributed by atoms with E-state index in [1.807, 2.05) is 42.5 Å². The van der Waals surface area contributed by atoms with Crippen LogP contribution in [0.1, 0.15) is 39.2 Å². The minimum atomic E-state index is -1.26. The Morgan fingerprint density at radius 3 is 2.62 bits per heavy atom. The topological polar surface area (TPSA) is 38.7 Å². The number of hydrogen-bond acceptors (Lipinski definition) is 2. The Labute approximate surface area is 147 Å². The Balaban J connectivity index is 1.73. The number of hydrogen-bond donors (Lipinski definition) is 0. The number of rotatable bonds is 5. The highest BCUT2D eigenvalue weighted by Crippen LogP contribution is 2.67. The van der Waals surface area contributed by atoms with Crippen molar-refractivity contribution in [2.45, 2.75) is 45.0 Å². The number of fused-ring (bicyclic) bond motifs is 2. The first-order valence-electron chi connectivity index (χ1n) is 8.61. The molecule has 24 heavy (non-hydrogen) atoms. The van der Waals surface area contributed by atoms with Gasteiger partial charge in [0.1, 0.15) is 11.0 Å². The Hall–Kier alpha value is -1.26. The molecule has 0 radical (unpaired) electrons. The molecule has 1 aromatic rings. The molecule has 4 heteroatoms. The standard InChI is InChI=1S/C20H27NO2S/c1-19(2)16-12-13-20(19,3)18(23-4)17(16)24(22)21-14-8-11-15-9-6-5-7-10-15/h5-11,14,16-18H,12-13H2,1-4H3/b11-8+,21-14+/t16-,17-,18-,20+,24+/m1/s1. The average molecular weight is 346 g/mol. The molecule has 3 nitrogen and oxygen atoms in total. The zero-order valence-corrected chi connectivity index (χ0v) is 15.8. The molecule has 2 aliphatic carbocycles. The summed E-state index contributed by atoms with van der Waals surface area (Å²) < 4.78 is 23.0. The van der Waals surface area contributed by atoms with Crippen molar-refractivity contribution >= 4 is 23.3 Å². The summed E-state index contributed by atoms with van der Waals surface area (Å²) in [6.07, 6.45) is 7.78. The summed E-state index contributed by atoms with van der Waals surface area (Å²) >= 11 is 0. The molecule has 130 valence electrons. The lowest BCUT2D eigenvalue weighted by molar-refractivity contribution is -0.0181. The van der Waals surface area contributed by atoms with Crippen LogP contribution in [0.2, 0.25) is 0 Å². The molecule has 0 aliphatic heterocycles. The molecule has 2 saturated carbocycles. The van der Waals surface area contributed by atoms with E-state index in [2.05, 4.69) is 25.2 Å². The maximum Gasteiger partial charge on any atom is 0.145 e. The second-order valence-electron chi connectivity index (χ2n) is 7.71. The number of methoxy groups -OCH3 is 1. The Morgan fingerprint density at radius 1 is 1.25 bits per heavy atom. The van der Waals surface area contributed by atoms with Gasteiger partial charge in [-0.25, -0.2) is 4.21 Å². The molecule has 0 unspecified atom stereocenters. The third kappa shape index (κ3) is 2.70. The average Bonchev–Trinajstić information content (AvgIpc) is 2.90. The van der Waals surface area contributed by atoms with Gasteiger partial charge in [0.15, 0.2) is 0 Å². The first-order valence-corrected chi connectivity index (χ1v) is 9.78. The lowest BCUT2D eigenvalue weighted by Crippen LogP contribution is -2.42. The maximum atomic E-state index is 12.8. The van der Waals surface area contributed by atoms with Crippen LogP contribution in [0.25, 0.3) is 6.08 Å². The van der Waals surface area contributed by atoms with E-state index in [0.717, 1.165) is 18.4 Å². The second-order valence-corrected chi connectivity index (χ2v) is 9.01. The maximum absolute atomic E-state index is 12.8. The Morgan fingerprint density at radius 2 is 1.96 bits per heavy atom. The molecule has 2 fully saturated rings. The SMILES string of the molecule is CO[C@@H]1[C@H]([S@](=O)/N=C/C=C/c2ccccc2)[C@H]2CC[C@]1(C)C2(C)C. The van der Waals surface area contributed by atoms with Crippen molar-refractivity contribution in [3.05, 3.63) is 42.0 Å². The normalized spacial score (nSPS) is 35.9. The van der Waals surface area contributed by atoms with Crippen molar-refractivity contribution in [1.82, 2.24) is 0 Å². The van der Waals surface area contributed by atoms with Crippen LogP contribution in [0.4, 0.5) is 0 Å². The van der Waals surface area contributed by atoms with Crippen LogP contribution in [0.5, 0.6) is 0 Å². The summed E-state index contributed by atoms with van der Waals surface area (Å²) in [5.41, 5.74) is 1.34. The molecular formula is C20H27NO2S. The molecule has 0 amide bonds. The van der Waals surface area contributed by atoms with Crippen LogP contribution in [-0.4, -0.2) is 28.9 Å². The van der Waals surface area contributed by atoms with E-state index in [1.54, 1.807) is 13.3 Å². The van der Waals surface area contributed by atoms with Gasteiger partial charge in [0.2, 0.25) is 0 Å². The largest absolute Gasteiger partial charge is 0.380 e. The van der Waals surface area contributed by atoms with Gasteiger partial charge in [-0.2, -0.15) is 4.40 Å². The first kappa shape index (κ1) is 17.6. The predicted molar refractivity (Wildman–Crippen MR) is 101 cm³/mol. The van der Waals surface area contributed by atoms with Crippen LogP contribution in [0, 0.1) is 16.7 Å². The number of nitrogens with zero attached hydrogens (tertiary/aromatic N) is 1. The zero-order chi connectivity index (χ0) is 17.4. The molecule has 3 rings (SSSR count). The Bertz CT molecular complexity index is 667. The van der Waals surface area contributed by atoms with Crippen molar-refractivity contribution in [2.24, 2.45) is 21.1 Å². The van der Waals surface area contributed by atoms with Gasteiger partial charge in [-0.05, 0) is 35.8 Å². The fourth-order valence-electron chi connectivity index (χ4n) is 4.74. The lowest BCUT2D eigenvalue weighted by Gasteiger charge is -2.38. The molecule has 0 spiro atoms. The smallest absolute Gasteiger partial charge is 0.145 e. The lowest BCUT2D eigenvalue weighted by atomic mass is 9.70. The molecule has 2 bridgehead atoms. The molecule has 2 aliphatic rings. The van der Waals surface area contributed by atoms with E-state index in [1.165, 1.54) is 0 Å². The predicted octanol–water partition coefficient (Wildman–Crippen LogP) is 4.27. The van der Waals surface area contributed by atoms with E-state index in [-0.39, 0.29) is 22.2 Å². The number of allylic oxidation sites excluding steroid dienone is 1.